The first-order valence-electron chi connectivity index (χ1n) is 8.60. The molecule has 3 rings (SSSR count). The van der Waals surface area contributed by atoms with Crippen molar-refractivity contribution in [3.8, 4) is 11.4 Å². The molecule has 128 valence electrons. The summed E-state index contributed by atoms with van der Waals surface area (Å²) in [5, 5.41) is 3.59. The number of nitrogens with zero attached hydrogens (tertiary/aromatic N) is 3. The van der Waals surface area contributed by atoms with E-state index in [1.807, 2.05) is 18.3 Å². The van der Waals surface area contributed by atoms with Crippen LogP contribution in [0.2, 0.25) is 0 Å². The first kappa shape index (κ1) is 16.8. The van der Waals surface area contributed by atoms with Crippen molar-refractivity contribution in [3.05, 3.63) is 35.8 Å². The number of fused-ring (bicyclic) bond motifs is 1. The highest BCUT2D eigenvalue weighted by Crippen LogP contribution is 2.30. The van der Waals surface area contributed by atoms with Crippen molar-refractivity contribution in [3.63, 3.8) is 0 Å². The van der Waals surface area contributed by atoms with Gasteiger partial charge in [0.15, 0.2) is 5.82 Å². The molecule has 2 aromatic rings. The monoisotopic (exact) mass is 326 g/mol. The third kappa shape index (κ3) is 3.73. The smallest absolute Gasteiger partial charge is 0.163 e. The number of anilines is 1. The van der Waals surface area contributed by atoms with Gasteiger partial charge in [0.2, 0.25) is 0 Å². The highest BCUT2D eigenvalue weighted by Gasteiger charge is 2.24. The van der Waals surface area contributed by atoms with Gasteiger partial charge in [-0.05, 0) is 58.6 Å². The zero-order valence-corrected chi connectivity index (χ0v) is 15.0. The summed E-state index contributed by atoms with van der Waals surface area (Å²) in [6.45, 7) is 6.39. The molecule has 0 aromatic carbocycles. The van der Waals surface area contributed by atoms with Crippen LogP contribution in [0.25, 0.3) is 11.4 Å². The van der Waals surface area contributed by atoms with Gasteiger partial charge < -0.3 is 10.1 Å². The lowest BCUT2D eigenvalue weighted by atomic mass is 9.99. The van der Waals surface area contributed by atoms with Crippen molar-refractivity contribution in [2.75, 3.05) is 12.4 Å². The van der Waals surface area contributed by atoms with E-state index < -0.39 is 0 Å². The van der Waals surface area contributed by atoms with Crippen LogP contribution in [0.1, 0.15) is 44.9 Å². The number of methoxy groups -OCH3 is 1. The molecule has 1 aliphatic rings. The Labute approximate surface area is 143 Å². The summed E-state index contributed by atoms with van der Waals surface area (Å²) in [6.07, 6.45) is 7.71. The summed E-state index contributed by atoms with van der Waals surface area (Å²) in [5.41, 5.74) is 3.24. The molecule has 5 heteroatoms. The second-order valence-electron chi connectivity index (χ2n) is 7.13. The maximum atomic E-state index is 5.55. The molecular weight excluding hydrogens is 300 g/mol. The minimum absolute atomic E-state index is 0.158. The van der Waals surface area contributed by atoms with Crippen molar-refractivity contribution in [1.29, 1.82) is 0 Å². The van der Waals surface area contributed by atoms with Crippen LogP contribution in [0.3, 0.4) is 0 Å². The first-order valence-corrected chi connectivity index (χ1v) is 8.60. The minimum Gasteiger partial charge on any atom is -0.379 e. The van der Waals surface area contributed by atoms with E-state index in [-0.39, 0.29) is 11.6 Å². The average molecular weight is 326 g/mol. The summed E-state index contributed by atoms with van der Waals surface area (Å²) < 4.78 is 5.55. The van der Waals surface area contributed by atoms with Gasteiger partial charge in [-0.3, -0.25) is 4.98 Å². The van der Waals surface area contributed by atoms with Gasteiger partial charge in [-0.25, -0.2) is 9.97 Å². The first-order chi connectivity index (χ1) is 11.5. The molecule has 1 atom stereocenters. The Hall–Kier alpha value is -2.01. The molecule has 2 heterocycles. The lowest BCUT2D eigenvalue weighted by Crippen LogP contribution is -2.31. The van der Waals surface area contributed by atoms with Gasteiger partial charge >= 0.3 is 0 Å². The van der Waals surface area contributed by atoms with Crippen molar-refractivity contribution < 1.29 is 4.74 Å². The molecule has 1 aliphatic carbocycles. The Kier molecular flexibility index (Phi) is 4.81. The molecule has 0 radical (unpaired) electrons. The van der Waals surface area contributed by atoms with Crippen molar-refractivity contribution >= 4 is 5.82 Å². The Balaban J connectivity index is 1.88. The summed E-state index contributed by atoms with van der Waals surface area (Å²) >= 11 is 0. The molecule has 1 N–H and O–H groups in total. The van der Waals surface area contributed by atoms with Crippen LogP contribution < -0.4 is 5.32 Å². The van der Waals surface area contributed by atoms with Crippen LogP contribution in [0, 0.1) is 0 Å². The van der Waals surface area contributed by atoms with E-state index in [0.29, 0.717) is 0 Å². The van der Waals surface area contributed by atoms with Gasteiger partial charge in [0.25, 0.3) is 0 Å². The second-order valence-corrected chi connectivity index (χ2v) is 7.13. The number of hydrogen-bond acceptors (Lipinski definition) is 5. The van der Waals surface area contributed by atoms with Crippen molar-refractivity contribution in [1.82, 2.24) is 15.0 Å². The van der Waals surface area contributed by atoms with Gasteiger partial charge in [-0.1, -0.05) is 0 Å². The maximum Gasteiger partial charge on any atom is 0.163 e. The maximum absolute atomic E-state index is 5.55. The minimum atomic E-state index is -0.158. The molecule has 5 nitrogen and oxygen atoms in total. The largest absolute Gasteiger partial charge is 0.379 e. The number of ether oxygens (including phenoxy) is 1. The molecule has 0 spiro atoms. The third-order valence-corrected chi connectivity index (χ3v) is 4.59. The highest BCUT2D eigenvalue weighted by atomic mass is 16.5. The van der Waals surface area contributed by atoms with E-state index in [1.165, 1.54) is 11.3 Å². The SMILES string of the molecule is COC(C)(C)CC(C)Nc1nc(-c2cccnc2)nc2c1CCC2. The van der Waals surface area contributed by atoms with Crippen LogP contribution in [0.15, 0.2) is 24.5 Å². The molecule has 2 aromatic heterocycles. The Morgan fingerprint density at radius 2 is 2.12 bits per heavy atom. The second kappa shape index (κ2) is 6.85. The van der Waals surface area contributed by atoms with Crippen LogP contribution >= 0.6 is 0 Å². The summed E-state index contributed by atoms with van der Waals surface area (Å²) in [4.78, 5) is 13.8. The number of rotatable bonds is 6. The predicted molar refractivity (Wildman–Crippen MR) is 96.1 cm³/mol. The molecule has 0 saturated carbocycles. The number of aryl methyl sites for hydroxylation is 1. The highest BCUT2D eigenvalue weighted by molar-refractivity contribution is 5.60. The summed E-state index contributed by atoms with van der Waals surface area (Å²) in [7, 11) is 1.76. The van der Waals surface area contributed by atoms with Gasteiger partial charge in [-0.2, -0.15) is 0 Å². The molecule has 0 fully saturated rings. The van der Waals surface area contributed by atoms with E-state index in [2.05, 4.69) is 31.1 Å². The lowest BCUT2D eigenvalue weighted by molar-refractivity contribution is 0.0127. The number of pyridine rings is 1. The van der Waals surface area contributed by atoms with Crippen LogP contribution in [-0.4, -0.2) is 33.7 Å². The average Bonchev–Trinajstić information content (AvgIpc) is 3.04. The molecule has 0 amide bonds. The van der Waals surface area contributed by atoms with Crippen molar-refractivity contribution in [2.24, 2.45) is 0 Å². The molecule has 0 aliphatic heterocycles. The Morgan fingerprint density at radius 3 is 2.83 bits per heavy atom. The quantitative estimate of drug-likeness (QED) is 0.878. The van der Waals surface area contributed by atoms with E-state index in [9.17, 15) is 0 Å². The van der Waals surface area contributed by atoms with Gasteiger partial charge in [-0.15, -0.1) is 0 Å². The fraction of sp³-hybridized carbons (Fsp3) is 0.526. The summed E-state index contributed by atoms with van der Waals surface area (Å²) in [6, 6.07) is 4.19. The third-order valence-electron chi connectivity index (χ3n) is 4.59. The topological polar surface area (TPSA) is 59.9 Å². The van der Waals surface area contributed by atoms with E-state index in [4.69, 9.17) is 14.7 Å². The lowest BCUT2D eigenvalue weighted by Gasteiger charge is -2.28. The number of aromatic nitrogens is 3. The molecule has 0 bridgehead atoms. The predicted octanol–water partition coefficient (Wildman–Crippen LogP) is 3.64. The normalized spacial score (nSPS) is 15.2. The van der Waals surface area contributed by atoms with E-state index >= 15 is 0 Å². The number of hydrogen-bond donors (Lipinski definition) is 1. The molecule has 24 heavy (non-hydrogen) atoms. The van der Waals surface area contributed by atoms with Crippen LogP contribution in [-0.2, 0) is 17.6 Å². The molecule has 1 unspecified atom stereocenters. The Morgan fingerprint density at radius 1 is 1.29 bits per heavy atom. The van der Waals surface area contributed by atoms with Crippen LogP contribution in [0.5, 0.6) is 0 Å². The fourth-order valence-corrected chi connectivity index (χ4v) is 3.28. The van der Waals surface area contributed by atoms with Gasteiger partial charge in [0.1, 0.15) is 5.82 Å². The van der Waals surface area contributed by atoms with Crippen molar-refractivity contribution in [2.45, 2.75) is 58.1 Å². The van der Waals surface area contributed by atoms with Gasteiger partial charge in [0.05, 0.1) is 5.60 Å². The van der Waals surface area contributed by atoms with E-state index in [0.717, 1.165) is 42.9 Å². The fourth-order valence-electron chi connectivity index (χ4n) is 3.28. The zero-order chi connectivity index (χ0) is 17.2. The van der Waals surface area contributed by atoms with Gasteiger partial charge in [0, 0.05) is 42.4 Å². The molecule has 0 saturated heterocycles. The zero-order valence-electron chi connectivity index (χ0n) is 15.0. The summed E-state index contributed by atoms with van der Waals surface area (Å²) in [5.74, 6) is 1.72. The molecular formula is C19H26N4O. The number of nitrogens with one attached hydrogen (secondary N) is 1. The van der Waals surface area contributed by atoms with Crippen LogP contribution in [0.4, 0.5) is 5.82 Å². The Bertz CT molecular complexity index is 700. The standard InChI is InChI=1S/C19H26N4O/c1-13(11-19(2,3)24-4)21-18-15-8-5-9-16(15)22-17(23-18)14-7-6-10-20-12-14/h6-7,10,12-13H,5,8-9,11H2,1-4H3,(H,21,22,23). The van der Waals surface area contributed by atoms with E-state index in [1.54, 1.807) is 13.3 Å².